The molecule has 19 heavy (non-hydrogen) atoms. The quantitative estimate of drug-likeness (QED) is 0.830. The summed E-state index contributed by atoms with van der Waals surface area (Å²) < 4.78 is 8.28. The first-order valence-electron chi connectivity index (χ1n) is 5.79. The van der Waals surface area contributed by atoms with Gasteiger partial charge in [-0.05, 0) is 34.1 Å². The Morgan fingerprint density at radius 1 is 1.47 bits per heavy atom. The van der Waals surface area contributed by atoms with Crippen molar-refractivity contribution in [1.82, 2.24) is 9.78 Å². The van der Waals surface area contributed by atoms with Gasteiger partial charge in [0, 0.05) is 19.2 Å². The highest BCUT2D eigenvalue weighted by atomic mass is 79.9. The number of nitrogens with zero attached hydrogens (tertiary/aromatic N) is 2. The Kier molecular flexibility index (Phi) is 4.57. The Hall–Kier alpha value is -1.82. The third kappa shape index (κ3) is 4.10. The maximum Gasteiger partial charge on any atom is 0.335 e. The molecule has 0 saturated carbocycles. The van der Waals surface area contributed by atoms with Crippen molar-refractivity contribution in [2.24, 2.45) is 0 Å². The number of rotatable bonds is 6. The molecule has 6 heteroatoms. The lowest BCUT2D eigenvalue weighted by molar-refractivity contribution is 0.0696. The molecule has 0 atom stereocenters. The van der Waals surface area contributed by atoms with Gasteiger partial charge in [0.05, 0.1) is 22.8 Å². The summed E-state index contributed by atoms with van der Waals surface area (Å²) >= 11 is 3.33. The van der Waals surface area contributed by atoms with Crippen molar-refractivity contribution in [3.8, 4) is 5.75 Å². The van der Waals surface area contributed by atoms with Crippen LogP contribution in [-0.4, -0.2) is 27.5 Å². The fourth-order valence-electron chi connectivity index (χ4n) is 1.60. The van der Waals surface area contributed by atoms with Crippen LogP contribution in [0.1, 0.15) is 16.8 Å². The minimum atomic E-state index is -0.952. The van der Waals surface area contributed by atoms with E-state index in [4.69, 9.17) is 9.84 Å². The molecule has 0 spiro atoms. The molecule has 1 aromatic heterocycles. The molecule has 1 heterocycles. The molecule has 0 unspecified atom stereocenters. The number of aryl methyl sites for hydroxylation is 1. The topological polar surface area (TPSA) is 64.3 Å². The van der Waals surface area contributed by atoms with Crippen LogP contribution < -0.4 is 4.74 Å². The van der Waals surface area contributed by atoms with Crippen LogP contribution in [-0.2, 0) is 6.54 Å². The number of carbonyl (C=O) groups is 1. The van der Waals surface area contributed by atoms with Crippen LogP contribution >= 0.6 is 15.9 Å². The van der Waals surface area contributed by atoms with Gasteiger partial charge in [-0.2, -0.15) is 5.10 Å². The van der Waals surface area contributed by atoms with E-state index in [-0.39, 0.29) is 5.56 Å². The number of halogens is 1. The van der Waals surface area contributed by atoms with Gasteiger partial charge in [-0.15, -0.1) is 0 Å². The zero-order valence-corrected chi connectivity index (χ0v) is 11.7. The van der Waals surface area contributed by atoms with Crippen LogP contribution in [0.25, 0.3) is 0 Å². The van der Waals surface area contributed by atoms with Crippen molar-refractivity contribution in [3.05, 3.63) is 46.7 Å². The number of carboxylic acids is 1. The van der Waals surface area contributed by atoms with E-state index in [0.717, 1.165) is 17.4 Å². The SMILES string of the molecule is O=C(O)c1cccc(OCCCn2cc(Br)cn2)c1. The summed E-state index contributed by atoms with van der Waals surface area (Å²) in [5, 5.41) is 13.0. The lowest BCUT2D eigenvalue weighted by atomic mass is 10.2. The predicted octanol–water partition coefficient (Wildman–Crippen LogP) is 2.81. The summed E-state index contributed by atoms with van der Waals surface area (Å²) in [7, 11) is 0. The van der Waals surface area contributed by atoms with Gasteiger partial charge in [-0.25, -0.2) is 4.79 Å². The lowest BCUT2D eigenvalue weighted by Crippen LogP contribution is -2.05. The minimum Gasteiger partial charge on any atom is -0.494 e. The Morgan fingerprint density at radius 3 is 3.00 bits per heavy atom. The molecular formula is C13H13BrN2O3. The van der Waals surface area contributed by atoms with Crippen molar-refractivity contribution in [2.45, 2.75) is 13.0 Å². The number of benzene rings is 1. The first-order valence-corrected chi connectivity index (χ1v) is 6.58. The highest BCUT2D eigenvalue weighted by Gasteiger charge is 2.03. The van der Waals surface area contributed by atoms with Crippen LogP contribution in [0.4, 0.5) is 0 Å². The van der Waals surface area contributed by atoms with E-state index in [2.05, 4.69) is 21.0 Å². The largest absolute Gasteiger partial charge is 0.494 e. The van der Waals surface area contributed by atoms with Gasteiger partial charge in [-0.1, -0.05) is 6.07 Å². The van der Waals surface area contributed by atoms with E-state index < -0.39 is 5.97 Å². The van der Waals surface area contributed by atoms with Gasteiger partial charge < -0.3 is 9.84 Å². The Labute approximate surface area is 118 Å². The first-order chi connectivity index (χ1) is 9.15. The van der Waals surface area contributed by atoms with Gasteiger partial charge >= 0.3 is 5.97 Å². The highest BCUT2D eigenvalue weighted by molar-refractivity contribution is 9.10. The average Bonchev–Trinajstić information content (AvgIpc) is 2.81. The summed E-state index contributed by atoms with van der Waals surface area (Å²) in [6.45, 7) is 1.27. The van der Waals surface area contributed by atoms with Crippen molar-refractivity contribution in [1.29, 1.82) is 0 Å². The standard InChI is InChI=1S/C13H13BrN2O3/c14-11-8-15-16(9-11)5-2-6-19-12-4-1-3-10(7-12)13(17)18/h1,3-4,7-9H,2,5-6H2,(H,17,18). The predicted molar refractivity (Wildman–Crippen MR) is 73.4 cm³/mol. The number of carboxylic acid groups (broad SMARTS) is 1. The summed E-state index contributed by atoms with van der Waals surface area (Å²) in [5.74, 6) is -0.381. The van der Waals surface area contributed by atoms with Crippen molar-refractivity contribution >= 4 is 21.9 Å². The third-order valence-electron chi connectivity index (χ3n) is 2.48. The second kappa shape index (κ2) is 6.38. The molecule has 0 aliphatic rings. The summed E-state index contributed by atoms with van der Waals surface area (Å²) in [4.78, 5) is 10.8. The molecule has 0 radical (unpaired) electrons. The zero-order valence-electron chi connectivity index (χ0n) is 10.1. The molecule has 5 nitrogen and oxygen atoms in total. The first kappa shape index (κ1) is 13.6. The molecule has 0 aliphatic carbocycles. The maximum atomic E-state index is 10.8. The number of ether oxygens (including phenoxy) is 1. The Balaban J connectivity index is 1.79. The van der Waals surface area contributed by atoms with E-state index in [9.17, 15) is 4.79 Å². The normalized spacial score (nSPS) is 10.4. The summed E-state index contributed by atoms with van der Waals surface area (Å²) in [5.41, 5.74) is 0.230. The van der Waals surface area contributed by atoms with E-state index in [1.165, 1.54) is 12.1 Å². The van der Waals surface area contributed by atoms with Crippen LogP contribution in [0.3, 0.4) is 0 Å². The van der Waals surface area contributed by atoms with Crippen LogP contribution in [0.5, 0.6) is 5.75 Å². The summed E-state index contributed by atoms with van der Waals surface area (Å²) in [6, 6.07) is 6.48. The summed E-state index contributed by atoms with van der Waals surface area (Å²) in [6.07, 6.45) is 4.42. The van der Waals surface area contributed by atoms with Crippen LogP contribution in [0, 0.1) is 0 Å². The van der Waals surface area contributed by atoms with E-state index in [0.29, 0.717) is 12.4 Å². The van der Waals surface area contributed by atoms with Gasteiger partial charge in [-0.3, -0.25) is 4.68 Å². The number of aromatic carboxylic acids is 1. The highest BCUT2D eigenvalue weighted by Crippen LogP contribution is 2.13. The molecule has 2 aromatic rings. The number of aromatic nitrogens is 2. The fraction of sp³-hybridized carbons (Fsp3) is 0.231. The number of hydrogen-bond donors (Lipinski definition) is 1. The molecule has 0 bridgehead atoms. The zero-order chi connectivity index (χ0) is 13.7. The molecule has 0 fully saturated rings. The van der Waals surface area contributed by atoms with Gasteiger partial charge in [0.2, 0.25) is 0 Å². The number of hydrogen-bond acceptors (Lipinski definition) is 3. The third-order valence-corrected chi connectivity index (χ3v) is 2.89. The van der Waals surface area contributed by atoms with Gasteiger partial charge in [0.15, 0.2) is 0 Å². The Morgan fingerprint density at radius 2 is 2.32 bits per heavy atom. The van der Waals surface area contributed by atoms with E-state index in [1.54, 1.807) is 18.3 Å². The van der Waals surface area contributed by atoms with E-state index >= 15 is 0 Å². The minimum absolute atomic E-state index is 0.230. The Bertz CT molecular complexity index is 569. The smallest absolute Gasteiger partial charge is 0.335 e. The van der Waals surface area contributed by atoms with E-state index in [1.807, 2.05) is 10.9 Å². The van der Waals surface area contributed by atoms with Gasteiger partial charge in [0.1, 0.15) is 5.75 Å². The molecule has 2 rings (SSSR count). The molecule has 1 N–H and O–H groups in total. The second-order valence-corrected chi connectivity index (χ2v) is 4.87. The average molecular weight is 325 g/mol. The monoisotopic (exact) mass is 324 g/mol. The molecule has 100 valence electrons. The fourth-order valence-corrected chi connectivity index (χ4v) is 1.92. The molecule has 1 aromatic carbocycles. The lowest BCUT2D eigenvalue weighted by Gasteiger charge is -2.06. The van der Waals surface area contributed by atoms with Crippen molar-refractivity contribution < 1.29 is 14.6 Å². The van der Waals surface area contributed by atoms with Crippen LogP contribution in [0.15, 0.2) is 41.1 Å². The molecule has 0 aliphatic heterocycles. The molecule has 0 saturated heterocycles. The van der Waals surface area contributed by atoms with Crippen molar-refractivity contribution in [3.63, 3.8) is 0 Å². The molecule has 0 amide bonds. The van der Waals surface area contributed by atoms with Crippen molar-refractivity contribution in [2.75, 3.05) is 6.61 Å². The molecular weight excluding hydrogens is 312 g/mol. The maximum absolute atomic E-state index is 10.8. The second-order valence-electron chi connectivity index (χ2n) is 3.96. The van der Waals surface area contributed by atoms with Crippen LogP contribution in [0.2, 0.25) is 0 Å². The van der Waals surface area contributed by atoms with Gasteiger partial charge in [0.25, 0.3) is 0 Å².